The van der Waals surface area contributed by atoms with Crippen LogP contribution >= 0.6 is 0 Å². The first-order chi connectivity index (χ1) is 11.3. The second-order valence-corrected chi connectivity index (χ2v) is 5.47. The average molecular weight is 346 g/mol. The van der Waals surface area contributed by atoms with Crippen molar-refractivity contribution in [3.05, 3.63) is 23.9 Å². The number of hydrogen-bond acceptors (Lipinski definition) is 4. The van der Waals surface area contributed by atoms with Crippen LogP contribution in [0.4, 0.5) is 13.2 Å². The van der Waals surface area contributed by atoms with Crippen molar-refractivity contribution in [1.82, 2.24) is 9.88 Å². The lowest BCUT2D eigenvalue weighted by atomic mass is 10.1. The highest BCUT2D eigenvalue weighted by molar-refractivity contribution is 5.80. The molecule has 0 spiro atoms. The number of hydrogen-bond donors (Lipinski definition) is 1. The molecule has 0 bridgehead atoms. The van der Waals surface area contributed by atoms with Crippen LogP contribution in [0.2, 0.25) is 0 Å². The Kier molecular flexibility index (Phi) is 5.63. The molecule has 2 heterocycles. The number of halogens is 3. The van der Waals surface area contributed by atoms with E-state index in [0.717, 1.165) is 12.3 Å². The largest absolute Gasteiger partial charge is 0.481 e. The van der Waals surface area contributed by atoms with Crippen LogP contribution < -0.4 is 4.74 Å². The Morgan fingerprint density at radius 3 is 2.42 bits per heavy atom. The summed E-state index contributed by atoms with van der Waals surface area (Å²) in [5, 5.41) is 8.57. The summed E-state index contributed by atoms with van der Waals surface area (Å²) in [6.45, 7) is 0.841. The van der Waals surface area contributed by atoms with E-state index >= 15 is 0 Å². The van der Waals surface area contributed by atoms with Gasteiger partial charge in [0.25, 0.3) is 0 Å². The summed E-state index contributed by atoms with van der Waals surface area (Å²) < 4.78 is 42.9. The Bertz CT molecular complexity index is 581. The smallest absolute Gasteiger partial charge is 0.417 e. The zero-order chi connectivity index (χ0) is 17.7. The Labute approximate surface area is 136 Å². The molecule has 0 atom stereocenters. The third kappa shape index (κ3) is 5.10. The van der Waals surface area contributed by atoms with E-state index in [2.05, 4.69) is 4.98 Å². The molecule has 1 aromatic rings. The van der Waals surface area contributed by atoms with Gasteiger partial charge in [0.15, 0.2) is 0 Å². The molecule has 2 rings (SSSR count). The van der Waals surface area contributed by atoms with Crippen LogP contribution in [0.5, 0.6) is 5.88 Å². The van der Waals surface area contributed by atoms with E-state index in [4.69, 9.17) is 9.84 Å². The SMILES string of the molecule is O=C(O)CCC(=O)N1CCC(Oc2ccc(C(F)(F)F)cn2)CC1. The normalized spacial score (nSPS) is 16.0. The lowest BCUT2D eigenvalue weighted by Gasteiger charge is -2.32. The number of ether oxygens (including phenoxy) is 1. The molecule has 0 unspecified atom stereocenters. The monoisotopic (exact) mass is 346 g/mol. The molecule has 1 aliphatic rings. The van der Waals surface area contributed by atoms with Gasteiger partial charge in [0.2, 0.25) is 11.8 Å². The minimum Gasteiger partial charge on any atom is -0.481 e. The van der Waals surface area contributed by atoms with Crippen molar-refractivity contribution in [2.45, 2.75) is 38.0 Å². The molecule has 1 aromatic heterocycles. The minimum absolute atomic E-state index is 0.0404. The molecule has 1 aliphatic heterocycles. The van der Waals surface area contributed by atoms with Crippen LogP contribution in [0, 0.1) is 0 Å². The molecule has 0 aromatic carbocycles. The number of carboxylic acid groups (broad SMARTS) is 1. The molecular weight excluding hydrogens is 329 g/mol. The third-order valence-corrected chi connectivity index (χ3v) is 3.70. The Morgan fingerprint density at radius 2 is 1.92 bits per heavy atom. The van der Waals surface area contributed by atoms with Crippen molar-refractivity contribution < 1.29 is 32.6 Å². The molecular formula is C15H17F3N2O4. The fourth-order valence-corrected chi connectivity index (χ4v) is 2.38. The van der Waals surface area contributed by atoms with Crippen LogP contribution in [0.1, 0.15) is 31.2 Å². The molecule has 132 valence electrons. The number of likely N-dealkylation sites (tertiary alicyclic amines) is 1. The van der Waals surface area contributed by atoms with Crippen molar-refractivity contribution in [1.29, 1.82) is 0 Å². The van der Waals surface area contributed by atoms with Gasteiger partial charge in [-0.3, -0.25) is 9.59 Å². The summed E-state index contributed by atoms with van der Waals surface area (Å²) in [5.41, 5.74) is -0.839. The van der Waals surface area contributed by atoms with Gasteiger partial charge in [-0.25, -0.2) is 4.98 Å². The quantitative estimate of drug-likeness (QED) is 0.885. The number of pyridine rings is 1. The summed E-state index contributed by atoms with van der Waals surface area (Å²) in [4.78, 5) is 27.5. The van der Waals surface area contributed by atoms with E-state index in [1.165, 1.54) is 6.07 Å². The van der Waals surface area contributed by atoms with E-state index in [1.807, 2.05) is 0 Å². The highest BCUT2D eigenvalue weighted by atomic mass is 19.4. The molecule has 1 N–H and O–H groups in total. The van der Waals surface area contributed by atoms with Crippen molar-refractivity contribution in [3.63, 3.8) is 0 Å². The van der Waals surface area contributed by atoms with Gasteiger partial charge in [-0.15, -0.1) is 0 Å². The van der Waals surface area contributed by atoms with Crippen LogP contribution in [0.15, 0.2) is 18.3 Å². The first-order valence-corrected chi connectivity index (χ1v) is 7.45. The third-order valence-electron chi connectivity index (χ3n) is 3.70. The summed E-state index contributed by atoms with van der Waals surface area (Å²) >= 11 is 0. The Balaban J connectivity index is 1.80. The standard InChI is InChI=1S/C15H17F3N2O4/c16-15(17,18)10-1-2-12(19-9-10)24-11-5-7-20(8-6-11)13(21)3-4-14(22)23/h1-2,9,11H,3-8H2,(H,22,23). The van der Waals surface area contributed by atoms with E-state index in [9.17, 15) is 22.8 Å². The van der Waals surface area contributed by atoms with Crippen molar-refractivity contribution in [2.75, 3.05) is 13.1 Å². The summed E-state index contributed by atoms with van der Waals surface area (Å²) in [7, 11) is 0. The number of carbonyl (C=O) groups is 2. The molecule has 24 heavy (non-hydrogen) atoms. The molecule has 9 heteroatoms. The highest BCUT2D eigenvalue weighted by Gasteiger charge is 2.31. The van der Waals surface area contributed by atoms with E-state index < -0.39 is 17.7 Å². The lowest BCUT2D eigenvalue weighted by molar-refractivity contribution is -0.141. The summed E-state index contributed by atoms with van der Waals surface area (Å²) in [6, 6.07) is 2.08. The maximum atomic E-state index is 12.5. The van der Waals surface area contributed by atoms with Crippen molar-refractivity contribution >= 4 is 11.9 Å². The van der Waals surface area contributed by atoms with E-state index in [0.29, 0.717) is 25.9 Å². The predicted molar refractivity (Wildman–Crippen MR) is 76.3 cm³/mol. The molecule has 6 nitrogen and oxygen atoms in total. The van der Waals surface area contributed by atoms with Gasteiger partial charge in [0.1, 0.15) is 6.10 Å². The Hall–Kier alpha value is -2.32. The van der Waals surface area contributed by atoms with Crippen LogP contribution in [-0.4, -0.2) is 46.1 Å². The molecule has 0 radical (unpaired) electrons. The second kappa shape index (κ2) is 7.50. The van der Waals surface area contributed by atoms with E-state index in [-0.39, 0.29) is 30.7 Å². The number of piperidine rings is 1. The van der Waals surface area contributed by atoms with Crippen molar-refractivity contribution in [3.8, 4) is 5.88 Å². The number of carbonyl (C=O) groups excluding carboxylic acids is 1. The number of aromatic nitrogens is 1. The summed E-state index contributed by atoms with van der Waals surface area (Å²) in [6.07, 6.45) is -3.17. The summed E-state index contributed by atoms with van der Waals surface area (Å²) in [5.74, 6) is -1.13. The van der Waals surface area contributed by atoms with Crippen LogP contribution in [-0.2, 0) is 15.8 Å². The van der Waals surface area contributed by atoms with Gasteiger partial charge >= 0.3 is 12.1 Å². The fraction of sp³-hybridized carbons (Fsp3) is 0.533. The number of carboxylic acids is 1. The Morgan fingerprint density at radius 1 is 1.25 bits per heavy atom. The zero-order valence-corrected chi connectivity index (χ0v) is 12.8. The van der Waals surface area contributed by atoms with Gasteiger partial charge in [-0.2, -0.15) is 13.2 Å². The van der Waals surface area contributed by atoms with Gasteiger partial charge < -0.3 is 14.7 Å². The average Bonchev–Trinajstić information content (AvgIpc) is 2.53. The number of nitrogens with zero attached hydrogens (tertiary/aromatic N) is 2. The molecule has 1 amide bonds. The lowest BCUT2D eigenvalue weighted by Crippen LogP contribution is -2.41. The molecule has 0 aliphatic carbocycles. The van der Waals surface area contributed by atoms with Gasteiger partial charge in [-0.05, 0) is 6.07 Å². The van der Waals surface area contributed by atoms with Crippen molar-refractivity contribution in [2.24, 2.45) is 0 Å². The number of aliphatic carboxylic acids is 1. The van der Waals surface area contributed by atoms with E-state index in [1.54, 1.807) is 4.90 Å². The van der Waals surface area contributed by atoms with Crippen LogP contribution in [0.25, 0.3) is 0 Å². The number of alkyl halides is 3. The molecule has 0 saturated carbocycles. The predicted octanol–water partition coefficient (Wildman–Crippen LogP) is 2.33. The first kappa shape index (κ1) is 18.0. The van der Waals surface area contributed by atoms with Gasteiger partial charge in [0, 0.05) is 44.6 Å². The van der Waals surface area contributed by atoms with Gasteiger partial charge in [-0.1, -0.05) is 0 Å². The fourth-order valence-electron chi connectivity index (χ4n) is 2.38. The topological polar surface area (TPSA) is 79.7 Å². The minimum atomic E-state index is -4.44. The maximum absolute atomic E-state index is 12.5. The zero-order valence-electron chi connectivity index (χ0n) is 12.8. The number of rotatable bonds is 5. The maximum Gasteiger partial charge on any atom is 0.417 e. The van der Waals surface area contributed by atoms with Gasteiger partial charge in [0.05, 0.1) is 12.0 Å². The molecule has 1 saturated heterocycles. The van der Waals surface area contributed by atoms with Crippen LogP contribution in [0.3, 0.4) is 0 Å². The highest BCUT2D eigenvalue weighted by Crippen LogP contribution is 2.29. The number of amides is 1. The molecule has 1 fully saturated rings. The second-order valence-electron chi connectivity index (χ2n) is 5.47. The first-order valence-electron chi connectivity index (χ1n) is 7.45.